The molecule has 2 rings (SSSR count). The van der Waals surface area contributed by atoms with Crippen molar-refractivity contribution in [2.75, 3.05) is 19.0 Å². The van der Waals surface area contributed by atoms with Crippen molar-refractivity contribution in [3.63, 3.8) is 0 Å². The molecule has 5 heteroatoms. The maximum atomic E-state index is 12.4. The van der Waals surface area contributed by atoms with Crippen LogP contribution in [0.1, 0.15) is 28.2 Å². The molecule has 0 aliphatic carbocycles. The zero-order valence-electron chi connectivity index (χ0n) is 10.5. The van der Waals surface area contributed by atoms with Gasteiger partial charge in [0.1, 0.15) is 0 Å². The lowest BCUT2D eigenvalue weighted by atomic mass is 10.1. The first-order valence-corrected chi connectivity index (χ1v) is 6.43. The summed E-state index contributed by atoms with van der Waals surface area (Å²) in [6, 6.07) is 0. The molecule has 1 aliphatic rings. The number of rotatable bonds is 2. The van der Waals surface area contributed by atoms with E-state index in [0.717, 1.165) is 36.5 Å². The molecule has 0 aromatic carbocycles. The molecule has 1 amide bonds. The second-order valence-electron chi connectivity index (χ2n) is 4.73. The van der Waals surface area contributed by atoms with Crippen molar-refractivity contribution in [3.8, 4) is 0 Å². The summed E-state index contributed by atoms with van der Waals surface area (Å²) >= 11 is 5.84. The van der Waals surface area contributed by atoms with Crippen LogP contribution in [0.15, 0.2) is 0 Å². The summed E-state index contributed by atoms with van der Waals surface area (Å²) in [5.74, 6) is 1.17. The SMILES string of the molecule is Cc1nn(C)c(C)c1C(=O)N1CCC(CCl)C1. The van der Waals surface area contributed by atoms with Gasteiger partial charge in [0.15, 0.2) is 0 Å². The number of alkyl halides is 1. The van der Waals surface area contributed by atoms with Crippen LogP contribution < -0.4 is 0 Å². The Kier molecular flexibility index (Phi) is 3.43. The molecule has 4 nitrogen and oxygen atoms in total. The molecule has 1 atom stereocenters. The lowest BCUT2D eigenvalue weighted by Crippen LogP contribution is -2.29. The fraction of sp³-hybridized carbons (Fsp3) is 0.667. The van der Waals surface area contributed by atoms with E-state index in [1.165, 1.54) is 0 Å². The molecular formula is C12H18ClN3O. The summed E-state index contributed by atoms with van der Waals surface area (Å²) in [4.78, 5) is 14.3. The molecule has 1 aliphatic heterocycles. The Morgan fingerprint density at radius 1 is 1.53 bits per heavy atom. The van der Waals surface area contributed by atoms with Crippen LogP contribution in [0.4, 0.5) is 0 Å². The third kappa shape index (κ3) is 2.18. The average Bonchev–Trinajstić information content (AvgIpc) is 2.85. The van der Waals surface area contributed by atoms with Crippen molar-refractivity contribution >= 4 is 17.5 Å². The summed E-state index contributed by atoms with van der Waals surface area (Å²) in [6.07, 6.45) is 1.01. The molecule has 1 fully saturated rings. The van der Waals surface area contributed by atoms with Crippen LogP contribution in [0.2, 0.25) is 0 Å². The molecule has 17 heavy (non-hydrogen) atoms. The van der Waals surface area contributed by atoms with Crippen LogP contribution in [-0.2, 0) is 7.05 Å². The summed E-state index contributed by atoms with van der Waals surface area (Å²) < 4.78 is 1.76. The number of carbonyl (C=O) groups excluding carboxylic acids is 1. The number of amides is 1. The molecule has 0 bridgehead atoms. The molecule has 2 heterocycles. The highest BCUT2D eigenvalue weighted by molar-refractivity contribution is 6.18. The van der Waals surface area contributed by atoms with E-state index in [1.807, 2.05) is 25.8 Å². The summed E-state index contributed by atoms with van der Waals surface area (Å²) in [7, 11) is 1.87. The first kappa shape index (κ1) is 12.4. The van der Waals surface area contributed by atoms with Gasteiger partial charge in [0.05, 0.1) is 11.3 Å². The molecule has 0 N–H and O–H groups in total. The van der Waals surface area contributed by atoms with Gasteiger partial charge in [-0.05, 0) is 26.2 Å². The number of nitrogens with zero attached hydrogens (tertiary/aromatic N) is 3. The van der Waals surface area contributed by atoms with Crippen LogP contribution in [0.3, 0.4) is 0 Å². The molecule has 0 spiro atoms. The number of likely N-dealkylation sites (tertiary alicyclic amines) is 1. The van der Waals surface area contributed by atoms with Gasteiger partial charge in [-0.25, -0.2) is 0 Å². The maximum absolute atomic E-state index is 12.4. The minimum absolute atomic E-state index is 0.0979. The number of carbonyl (C=O) groups is 1. The van der Waals surface area contributed by atoms with Crippen molar-refractivity contribution in [1.29, 1.82) is 0 Å². The third-order valence-corrected chi connectivity index (χ3v) is 3.95. The van der Waals surface area contributed by atoms with Gasteiger partial charge >= 0.3 is 0 Å². The van der Waals surface area contributed by atoms with Gasteiger partial charge in [-0.15, -0.1) is 11.6 Å². The third-order valence-electron chi connectivity index (χ3n) is 3.51. The van der Waals surface area contributed by atoms with Gasteiger partial charge in [0, 0.05) is 31.7 Å². The van der Waals surface area contributed by atoms with E-state index in [1.54, 1.807) is 4.68 Å². The predicted octanol–water partition coefficient (Wildman–Crippen LogP) is 1.74. The number of aromatic nitrogens is 2. The maximum Gasteiger partial charge on any atom is 0.257 e. The van der Waals surface area contributed by atoms with Crippen LogP contribution in [0, 0.1) is 19.8 Å². The van der Waals surface area contributed by atoms with Gasteiger partial charge < -0.3 is 4.90 Å². The van der Waals surface area contributed by atoms with E-state index < -0.39 is 0 Å². The van der Waals surface area contributed by atoms with Gasteiger partial charge in [0.25, 0.3) is 5.91 Å². The quantitative estimate of drug-likeness (QED) is 0.755. The minimum Gasteiger partial charge on any atom is -0.338 e. The van der Waals surface area contributed by atoms with E-state index in [0.29, 0.717) is 11.8 Å². The zero-order chi connectivity index (χ0) is 12.6. The number of hydrogen-bond acceptors (Lipinski definition) is 2. The normalized spacial score (nSPS) is 20.0. The van der Waals surface area contributed by atoms with E-state index in [-0.39, 0.29) is 5.91 Å². The highest BCUT2D eigenvalue weighted by Gasteiger charge is 2.29. The smallest absolute Gasteiger partial charge is 0.257 e. The molecule has 0 radical (unpaired) electrons. The van der Waals surface area contributed by atoms with Gasteiger partial charge in [-0.2, -0.15) is 5.10 Å². The lowest BCUT2D eigenvalue weighted by Gasteiger charge is -2.16. The van der Waals surface area contributed by atoms with Crippen molar-refractivity contribution in [2.24, 2.45) is 13.0 Å². The standard InChI is InChI=1S/C12H18ClN3O/c1-8-11(9(2)15(3)14-8)12(17)16-5-4-10(6-13)7-16/h10H,4-7H2,1-3H3. The molecular weight excluding hydrogens is 238 g/mol. The van der Waals surface area contributed by atoms with Crippen LogP contribution in [0.5, 0.6) is 0 Å². The van der Waals surface area contributed by atoms with Crippen LogP contribution in [-0.4, -0.2) is 39.6 Å². The fourth-order valence-corrected chi connectivity index (χ4v) is 2.64. The van der Waals surface area contributed by atoms with Gasteiger partial charge in [-0.3, -0.25) is 9.48 Å². The average molecular weight is 256 g/mol. The second kappa shape index (κ2) is 4.69. The molecule has 1 saturated heterocycles. The van der Waals surface area contributed by atoms with Gasteiger partial charge in [-0.1, -0.05) is 0 Å². The first-order valence-electron chi connectivity index (χ1n) is 5.90. The summed E-state index contributed by atoms with van der Waals surface area (Å²) in [6.45, 7) is 5.40. The molecule has 1 unspecified atom stereocenters. The van der Waals surface area contributed by atoms with E-state index in [4.69, 9.17) is 11.6 Å². The van der Waals surface area contributed by atoms with Crippen LogP contribution in [0.25, 0.3) is 0 Å². The van der Waals surface area contributed by atoms with E-state index >= 15 is 0 Å². The second-order valence-corrected chi connectivity index (χ2v) is 5.04. The largest absolute Gasteiger partial charge is 0.338 e. The van der Waals surface area contributed by atoms with Crippen molar-refractivity contribution in [1.82, 2.24) is 14.7 Å². The Bertz CT molecular complexity index is 441. The Morgan fingerprint density at radius 3 is 2.71 bits per heavy atom. The van der Waals surface area contributed by atoms with Gasteiger partial charge in [0.2, 0.25) is 0 Å². The fourth-order valence-electron chi connectivity index (χ4n) is 2.38. The first-order chi connectivity index (χ1) is 8.04. The van der Waals surface area contributed by atoms with Crippen molar-refractivity contribution in [2.45, 2.75) is 20.3 Å². The predicted molar refractivity (Wildman–Crippen MR) is 67.4 cm³/mol. The van der Waals surface area contributed by atoms with E-state index in [9.17, 15) is 4.79 Å². The number of hydrogen-bond donors (Lipinski definition) is 0. The lowest BCUT2D eigenvalue weighted by molar-refractivity contribution is 0.0787. The highest BCUT2D eigenvalue weighted by Crippen LogP contribution is 2.22. The Labute approximate surface area is 107 Å². The topological polar surface area (TPSA) is 38.1 Å². The molecule has 1 aromatic rings. The van der Waals surface area contributed by atoms with Crippen molar-refractivity contribution < 1.29 is 4.79 Å². The monoisotopic (exact) mass is 255 g/mol. The molecule has 1 aromatic heterocycles. The highest BCUT2D eigenvalue weighted by atomic mass is 35.5. The number of aryl methyl sites for hydroxylation is 2. The zero-order valence-corrected chi connectivity index (χ0v) is 11.3. The number of halogens is 1. The van der Waals surface area contributed by atoms with Crippen molar-refractivity contribution in [3.05, 3.63) is 17.0 Å². The molecule has 0 saturated carbocycles. The minimum atomic E-state index is 0.0979. The Hall–Kier alpha value is -1.03. The Morgan fingerprint density at radius 2 is 2.24 bits per heavy atom. The molecule has 94 valence electrons. The van der Waals surface area contributed by atoms with Crippen LogP contribution >= 0.6 is 11.6 Å². The Balaban J connectivity index is 2.20. The summed E-state index contributed by atoms with van der Waals surface area (Å²) in [5, 5.41) is 4.29. The van der Waals surface area contributed by atoms with E-state index in [2.05, 4.69) is 5.10 Å². The summed E-state index contributed by atoms with van der Waals surface area (Å²) in [5.41, 5.74) is 2.49.